The largest absolute Gasteiger partial charge is 0.355 e. The van der Waals surface area contributed by atoms with Gasteiger partial charge in [0.2, 0.25) is 0 Å². The monoisotopic (exact) mass is 452 g/mol. The molecule has 0 unspecified atom stereocenters. The summed E-state index contributed by atoms with van der Waals surface area (Å²) in [5.74, 6) is 0. The van der Waals surface area contributed by atoms with Crippen LogP contribution in [0.5, 0.6) is 0 Å². The third-order valence-corrected chi connectivity index (χ3v) is 6.69. The van der Waals surface area contributed by atoms with E-state index in [9.17, 15) is 0 Å². The molecule has 1 heterocycles. The van der Waals surface area contributed by atoms with E-state index in [0.29, 0.717) is 0 Å². The average molecular weight is 453 g/mol. The SMILES string of the molecule is CCCc1cccc(N(c2ccccc2)c2ccc(-c3ccc4[nH]c5ccccc5c4c3)cc2)c1. The van der Waals surface area contributed by atoms with Gasteiger partial charge >= 0.3 is 0 Å². The minimum Gasteiger partial charge on any atom is -0.355 e. The van der Waals surface area contributed by atoms with Crippen LogP contribution < -0.4 is 4.90 Å². The Kier molecular flexibility index (Phi) is 5.56. The Labute approximate surface area is 206 Å². The van der Waals surface area contributed by atoms with Crippen molar-refractivity contribution in [3.05, 3.63) is 127 Å². The lowest BCUT2D eigenvalue weighted by molar-refractivity contribution is 0.921. The quantitative estimate of drug-likeness (QED) is 0.267. The molecule has 1 aromatic heterocycles. The summed E-state index contributed by atoms with van der Waals surface area (Å²) in [6.07, 6.45) is 2.23. The van der Waals surface area contributed by atoms with E-state index in [-0.39, 0.29) is 0 Å². The molecule has 0 aliphatic carbocycles. The van der Waals surface area contributed by atoms with Gasteiger partial charge in [0.15, 0.2) is 0 Å². The number of nitrogens with one attached hydrogen (secondary N) is 1. The minimum atomic E-state index is 1.09. The first-order chi connectivity index (χ1) is 17.3. The molecule has 0 aliphatic rings. The number of aromatic amines is 1. The van der Waals surface area contributed by atoms with Crippen LogP contribution in [-0.4, -0.2) is 4.98 Å². The van der Waals surface area contributed by atoms with E-state index < -0.39 is 0 Å². The number of anilines is 3. The molecule has 6 rings (SSSR count). The van der Waals surface area contributed by atoms with Crippen molar-refractivity contribution in [1.82, 2.24) is 4.98 Å². The van der Waals surface area contributed by atoms with Crippen LogP contribution in [0.2, 0.25) is 0 Å². The lowest BCUT2D eigenvalue weighted by atomic mass is 10.0. The maximum atomic E-state index is 3.52. The van der Waals surface area contributed by atoms with Crippen molar-refractivity contribution in [3.63, 3.8) is 0 Å². The average Bonchev–Trinajstić information content (AvgIpc) is 3.28. The zero-order valence-electron chi connectivity index (χ0n) is 19.9. The van der Waals surface area contributed by atoms with Crippen LogP contribution in [0.15, 0.2) is 121 Å². The number of aromatic nitrogens is 1. The second kappa shape index (κ2) is 9.15. The van der Waals surface area contributed by atoms with Gasteiger partial charge in [-0.3, -0.25) is 0 Å². The molecule has 0 atom stereocenters. The molecule has 170 valence electrons. The van der Waals surface area contributed by atoms with E-state index in [1.807, 2.05) is 0 Å². The summed E-state index contributed by atoms with van der Waals surface area (Å²) in [5.41, 5.74) is 9.67. The number of hydrogen-bond donors (Lipinski definition) is 1. The van der Waals surface area contributed by atoms with Crippen LogP contribution in [0, 0.1) is 0 Å². The smallest absolute Gasteiger partial charge is 0.0465 e. The number of rotatable bonds is 6. The molecule has 0 amide bonds. The van der Waals surface area contributed by atoms with Gasteiger partial charge in [0.25, 0.3) is 0 Å². The summed E-state index contributed by atoms with van der Waals surface area (Å²) in [7, 11) is 0. The predicted molar refractivity (Wildman–Crippen MR) is 150 cm³/mol. The van der Waals surface area contributed by atoms with Crippen LogP contribution in [-0.2, 0) is 6.42 Å². The minimum absolute atomic E-state index is 1.09. The first-order valence-electron chi connectivity index (χ1n) is 12.4. The summed E-state index contributed by atoms with van der Waals surface area (Å²) in [6, 6.07) is 43.6. The molecule has 6 aromatic rings. The molecule has 35 heavy (non-hydrogen) atoms. The molecular weight excluding hydrogens is 424 g/mol. The van der Waals surface area contributed by atoms with Gasteiger partial charge in [0.1, 0.15) is 0 Å². The Bertz CT molecular complexity index is 1590. The Balaban J connectivity index is 1.40. The Morgan fingerprint density at radius 1 is 0.543 bits per heavy atom. The molecule has 1 N–H and O–H groups in total. The molecule has 0 aliphatic heterocycles. The lowest BCUT2D eigenvalue weighted by Crippen LogP contribution is -2.10. The summed E-state index contributed by atoms with van der Waals surface area (Å²) >= 11 is 0. The highest BCUT2D eigenvalue weighted by atomic mass is 15.1. The molecular formula is C33H28N2. The normalized spacial score (nSPS) is 11.2. The van der Waals surface area contributed by atoms with Crippen molar-refractivity contribution in [2.24, 2.45) is 0 Å². The number of hydrogen-bond acceptors (Lipinski definition) is 1. The predicted octanol–water partition coefficient (Wildman–Crippen LogP) is 9.41. The highest BCUT2D eigenvalue weighted by Gasteiger charge is 2.13. The van der Waals surface area contributed by atoms with Crippen LogP contribution in [0.25, 0.3) is 32.9 Å². The highest BCUT2D eigenvalue weighted by molar-refractivity contribution is 6.08. The first-order valence-corrected chi connectivity index (χ1v) is 12.4. The van der Waals surface area contributed by atoms with Gasteiger partial charge in [-0.15, -0.1) is 0 Å². The number of fused-ring (bicyclic) bond motifs is 3. The Morgan fingerprint density at radius 2 is 1.23 bits per heavy atom. The summed E-state index contributed by atoms with van der Waals surface area (Å²) in [5, 5.41) is 2.53. The van der Waals surface area contributed by atoms with Gasteiger partial charge in [-0.25, -0.2) is 0 Å². The zero-order chi connectivity index (χ0) is 23.6. The number of benzene rings is 5. The summed E-state index contributed by atoms with van der Waals surface area (Å²) in [4.78, 5) is 5.86. The Hall–Kier alpha value is -4.30. The summed E-state index contributed by atoms with van der Waals surface area (Å²) in [6.45, 7) is 2.23. The topological polar surface area (TPSA) is 19.0 Å². The van der Waals surface area contributed by atoms with Gasteiger partial charge in [-0.05, 0) is 77.7 Å². The van der Waals surface area contributed by atoms with Crippen LogP contribution >= 0.6 is 0 Å². The van der Waals surface area contributed by atoms with Gasteiger partial charge < -0.3 is 9.88 Å². The van der Waals surface area contributed by atoms with E-state index in [1.165, 1.54) is 44.2 Å². The fourth-order valence-corrected chi connectivity index (χ4v) is 4.99. The van der Waals surface area contributed by atoms with Gasteiger partial charge in [0, 0.05) is 38.9 Å². The second-order valence-electron chi connectivity index (χ2n) is 9.07. The number of nitrogens with zero attached hydrogens (tertiary/aromatic N) is 1. The molecule has 0 bridgehead atoms. The molecule has 2 heteroatoms. The van der Waals surface area contributed by atoms with Gasteiger partial charge in [-0.2, -0.15) is 0 Å². The third-order valence-electron chi connectivity index (χ3n) is 6.69. The molecule has 0 saturated carbocycles. The van der Waals surface area contributed by atoms with Gasteiger partial charge in [0.05, 0.1) is 0 Å². The second-order valence-corrected chi connectivity index (χ2v) is 9.07. The maximum absolute atomic E-state index is 3.52. The van der Waals surface area contributed by atoms with Crippen molar-refractivity contribution in [3.8, 4) is 11.1 Å². The maximum Gasteiger partial charge on any atom is 0.0465 e. The van der Waals surface area contributed by atoms with Crippen molar-refractivity contribution in [1.29, 1.82) is 0 Å². The number of aryl methyl sites for hydroxylation is 1. The van der Waals surface area contributed by atoms with Crippen LogP contribution in [0.1, 0.15) is 18.9 Å². The number of H-pyrrole nitrogens is 1. The highest BCUT2D eigenvalue weighted by Crippen LogP contribution is 2.36. The molecule has 0 radical (unpaired) electrons. The van der Waals surface area contributed by atoms with Crippen LogP contribution in [0.4, 0.5) is 17.1 Å². The van der Waals surface area contributed by atoms with E-state index in [1.54, 1.807) is 0 Å². The standard InChI is InChI=1S/C33H28N2/c1-2-9-24-10-8-13-29(22-24)35(27-11-4-3-5-12-27)28-19-16-25(17-20-28)26-18-21-33-31(23-26)30-14-6-7-15-32(30)34-33/h3-8,10-23,34H,2,9H2,1H3. The van der Waals surface area contributed by atoms with Crippen molar-refractivity contribution in [2.45, 2.75) is 19.8 Å². The fraction of sp³-hybridized carbons (Fsp3) is 0.0909. The summed E-state index contributed by atoms with van der Waals surface area (Å²) < 4.78 is 0. The molecule has 0 fully saturated rings. The Morgan fingerprint density at radius 3 is 2.06 bits per heavy atom. The zero-order valence-corrected chi connectivity index (χ0v) is 19.9. The fourth-order valence-electron chi connectivity index (χ4n) is 4.99. The van der Waals surface area contributed by atoms with Crippen LogP contribution in [0.3, 0.4) is 0 Å². The molecule has 2 nitrogen and oxygen atoms in total. The van der Waals surface area contributed by atoms with Crippen molar-refractivity contribution >= 4 is 38.9 Å². The van der Waals surface area contributed by atoms with E-state index in [2.05, 4.69) is 138 Å². The lowest BCUT2D eigenvalue weighted by Gasteiger charge is -2.26. The molecule has 0 saturated heterocycles. The molecule has 5 aromatic carbocycles. The van der Waals surface area contributed by atoms with Crippen molar-refractivity contribution in [2.75, 3.05) is 4.90 Å². The third kappa shape index (κ3) is 4.08. The van der Waals surface area contributed by atoms with E-state index in [4.69, 9.17) is 0 Å². The first kappa shape index (κ1) is 21.2. The van der Waals surface area contributed by atoms with E-state index >= 15 is 0 Å². The number of para-hydroxylation sites is 2. The van der Waals surface area contributed by atoms with Crippen molar-refractivity contribution < 1.29 is 0 Å². The van der Waals surface area contributed by atoms with E-state index in [0.717, 1.165) is 24.2 Å². The molecule has 0 spiro atoms. The van der Waals surface area contributed by atoms with Gasteiger partial charge in [-0.1, -0.05) is 80.1 Å².